The first-order chi connectivity index (χ1) is 10.1. The minimum absolute atomic E-state index is 0.174. The molecule has 112 valence electrons. The SMILES string of the molecule is COc1ccc(CCNc2nc(O)cc(O)n2)cc1OC. The molecule has 1 aromatic heterocycles. The Morgan fingerprint density at radius 1 is 1.00 bits per heavy atom. The van der Waals surface area contributed by atoms with E-state index in [1.807, 2.05) is 18.2 Å². The first-order valence-corrected chi connectivity index (χ1v) is 6.34. The Balaban J connectivity index is 1.97. The number of methoxy groups -OCH3 is 2. The molecule has 0 aliphatic carbocycles. The van der Waals surface area contributed by atoms with E-state index in [4.69, 9.17) is 9.47 Å². The number of anilines is 1. The molecule has 0 aliphatic rings. The molecule has 0 bridgehead atoms. The average Bonchev–Trinajstić information content (AvgIpc) is 2.46. The molecule has 0 amide bonds. The van der Waals surface area contributed by atoms with Crippen LogP contribution in [0.5, 0.6) is 23.3 Å². The van der Waals surface area contributed by atoms with Crippen LogP contribution in [0.1, 0.15) is 5.56 Å². The van der Waals surface area contributed by atoms with Gasteiger partial charge in [0.05, 0.1) is 20.3 Å². The third kappa shape index (κ3) is 3.88. The molecule has 0 atom stereocenters. The van der Waals surface area contributed by atoms with Crippen LogP contribution in [0.3, 0.4) is 0 Å². The van der Waals surface area contributed by atoms with Gasteiger partial charge in [-0.05, 0) is 24.1 Å². The van der Waals surface area contributed by atoms with Crippen LogP contribution in [0.15, 0.2) is 24.3 Å². The van der Waals surface area contributed by atoms with Crippen LogP contribution in [-0.4, -0.2) is 40.9 Å². The lowest BCUT2D eigenvalue weighted by atomic mass is 10.1. The molecule has 0 saturated carbocycles. The van der Waals surface area contributed by atoms with Crippen LogP contribution in [0.2, 0.25) is 0 Å². The topological polar surface area (TPSA) is 96.7 Å². The highest BCUT2D eigenvalue weighted by molar-refractivity contribution is 5.43. The second-order valence-corrected chi connectivity index (χ2v) is 4.27. The van der Waals surface area contributed by atoms with Crippen molar-refractivity contribution in [3.05, 3.63) is 29.8 Å². The van der Waals surface area contributed by atoms with E-state index in [1.165, 1.54) is 0 Å². The van der Waals surface area contributed by atoms with E-state index in [9.17, 15) is 10.2 Å². The predicted octanol–water partition coefficient (Wildman–Crippen LogP) is 1.56. The molecule has 0 unspecified atom stereocenters. The number of benzene rings is 1. The minimum Gasteiger partial charge on any atom is -0.493 e. The molecule has 1 aromatic carbocycles. The van der Waals surface area contributed by atoms with Crippen molar-refractivity contribution >= 4 is 5.95 Å². The van der Waals surface area contributed by atoms with Gasteiger partial charge in [0.2, 0.25) is 17.7 Å². The Labute approximate surface area is 122 Å². The molecule has 0 saturated heterocycles. The number of rotatable bonds is 6. The first kappa shape index (κ1) is 14.7. The van der Waals surface area contributed by atoms with Gasteiger partial charge in [-0.15, -0.1) is 0 Å². The highest BCUT2D eigenvalue weighted by atomic mass is 16.5. The normalized spacial score (nSPS) is 10.2. The highest BCUT2D eigenvalue weighted by Gasteiger charge is 2.05. The predicted molar refractivity (Wildman–Crippen MR) is 77.1 cm³/mol. The molecule has 7 nitrogen and oxygen atoms in total. The standard InChI is InChI=1S/C14H17N3O4/c1-20-10-4-3-9(7-11(10)21-2)5-6-15-14-16-12(18)8-13(19)17-14/h3-4,7-8H,5-6H2,1-2H3,(H3,15,16,17,18,19). The molecular formula is C14H17N3O4. The van der Waals surface area contributed by atoms with Crippen molar-refractivity contribution in [1.29, 1.82) is 0 Å². The van der Waals surface area contributed by atoms with Crippen molar-refractivity contribution in [3.63, 3.8) is 0 Å². The highest BCUT2D eigenvalue weighted by Crippen LogP contribution is 2.27. The van der Waals surface area contributed by atoms with Crippen LogP contribution in [0.25, 0.3) is 0 Å². The molecular weight excluding hydrogens is 274 g/mol. The lowest BCUT2D eigenvalue weighted by Crippen LogP contribution is -2.08. The summed E-state index contributed by atoms with van der Waals surface area (Å²) in [5.41, 5.74) is 1.05. The van der Waals surface area contributed by atoms with E-state index in [2.05, 4.69) is 15.3 Å². The number of hydrogen-bond acceptors (Lipinski definition) is 7. The summed E-state index contributed by atoms with van der Waals surface area (Å²) in [7, 11) is 3.17. The lowest BCUT2D eigenvalue weighted by molar-refractivity contribution is 0.354. The van der Waals surface area contributed by atoms with Gasteiger partial charge >= 0.3 is 0 Å². The number of nitrogens with one attached hydrogen (secondary N) is 1. The van der Waals surface area contributed by atoms with Gasteiger partial charge in [-0.1, -0.05) is 6.07 Å². The van der Waals surface area contributed by atoms with E-state index >= 15 is 0 Å². The van der Waals surface area contributed by atoms with Gasteiger partial charge in [0, 0.05) is 6.54 Å². The number of aromatic hydroxyl groups is 2. The Morgan fingerprint density at radius 2 is 1.67 bits per heavy atom. The van der Waals surface area contributed by atoms with Crippen LogP contribution in [0.4, 0.5) is 5.95 Å². The summed E-state index contributed by atoms with van der Waals surface area (Å²) in [5, 5.41) is 21.4. The number of nitrogens with zero attached hydrogens (tertiary/aromatic N) is 2. The summed E-state index contributed by atoms with van der Waals surface area (Å²) in [6, 6.07) is 6.73. The molecule has 7 heteroatoms. The van der Waals surface area contributed by atoms with E-state index < -0.39 is 0 Å². The van der Waals surface area contributed by atoms with Crippen LogP contribution < -0.4 is 14.8 Å². The Bertz CT molecular complexity index is 599. The van der Waals surface area contributed by atoms with E-state index in [0.717, 1.165) is 11.6 Å². The molecule has 0 spiro atoms. The van der Waals surface area contributed by atoms with Gasteiger partial charge in [-0.3, -0.25) is 0 Å². The van der Waals surface area contributed by atoms with Gasteiger partial charge < -0.3 is 25.0 Å². The summed E-state index contributed by atoms with van der Waals surface area (Å²) in [4.78, 5) is 7.51. The maximum atomic E-state index is 9.25. The second-order valence-electron chi connectivity index (χ2n) is 4.27. The fourth-order valence-electron chi connectivity index (χ4n) is 1.86. The zero-order valence-electron chi connectivity index (χ0n) is 11.8. The third-order valence-electron chi connectivity index (χ3n) is 2.84. The van der Waals surface area contributed by atoms with E-state index in [0.29, 0.717) is 24.5 Å². The van der Waals surface area contributed by atoms with Crippen molar-refractivity contribution in [1.82, 2.24) is 9.97 Å². The van der Waals surface area contributed by atoms with Crippen molar-refractivity contribution in [2.75, 3.05) is 26.1 Å². The van der Waals surface area contributed by atoms with Gasteiger partial charge in [0.25, 0.3) is 0 Å². The van der Waals surface area contributed by atoms with Crippen LogP contribution >= 0.6 is 0 Å². The molecule has 0 aliphatic heterocycles. The summed E-state index contributed by atoms with van der Waals surface area (Å²) in [5.74, 6) is 0.955. The van der Waals surface area contributed by atoms with Crippen LogP contribution in [0, 0.1) is 0 Å². The van der Waals surface area contributed by atoms with Gasteiger partial charge in [0.1, 0.15) is 0 Å². The molecule has 1 heterocycles. The average molecular weight is 291 g/mol. The Kier molecular flexibility index (Phi) is 4.65. The zero-order valence-corrected chi connectivity index (χ0v) is 11.8. The molecule has 21 heavy (non-hydrogen) atoms. The van der Waals surface area contributed by atoms with Crippen molar-refractivity contribution < 1.29 is 19.7 Å². The van der Waals surface area contributed by atoms with Gasteiger partial charge in [-0.2, -0.15) is 9.97 Å². The van der Waals surface area contributed by atoms with Gasteiger partial charge in [-0.25, -0.2) is 0 Å². The number of aromatic nitrogens is 2. The first-order valence-electron chi connectivity index (χ1n) is 6.34. The summed E-state index contributed by atoms with van der Waals surface area (Å²) in [6.45, 7) is 0.540. The number of hydrogen-bond donors (Lipinski definition) is 3. The summed E-state index contributed by atoms with van der Waals surface area (Å²) >= 11 is 0. The smallest absolute Gasteiger partial charge is 0.229 e. The van der Waals surface area contributed by atoms with E-state index in [1.54, 1.807) is 14.2 Å². The second kappa shape index (κ2) is 6.65. The Morgan fingerprint density at radius 3 is 2.29 bits per heavy atom. The van der Waals surface area contributed by atoms with Crippen molar-refractivity contribution in [2.24, 2.45) is 0 Å². The molecule has 2 rings (SSSR count). The summed E-state index contributed by atoms with van der Waals surface area (Å²) < 4.78 is 10.4. The maximum Gasteiger partial charge on any atom is 0.229 e. The molecule has 3 N–H and O–H groups in total. The largest absolute Gasteiger partial charge is 0.493 e. The quantitative estimate of drug-likeness (QED) is 0.743. The molecule has 2 aromatic rings. The summed E-state index contributed by atoms with van der Waals surface area (Å²) in [6.07, 6.45) is 0.695. The fourth-order valence-corrected chi connectivity index (χ4v) is 1.86. The zero-order chi connectivity index (χ0) is 15.2. The Hall–Kier alpha value is -2.70. The molecule has 0 radical (unpaired) electrons. The third-order valence-corrected chi connectivity index (χ3v) is 2.84. The van der Waals surface area contributed by atoms with Crippen molar-refractivity contribution in [3.8, 4) is 23.3 Å². The maximum absolute atomic E-state index is 9.25. The fraction of sp³-hybridized carbons (Fsp3) is 0.286. The monoisotopic (exact) mass is 291 g/mol. The minimum atomic E-state index is -0.281. The number of ether oxygens (including phenoxy) is 2. The van der Waals surface area contributed by atoms with Crippen molar-refractivity contribution in [2.45, 2.75) is 6.42 Å². The molecule has 0 fully saturated rings. The van der Waals surface area contributed by atoms with Gasteiger partial charge in [0.15, 0.2) is 11.5 Å². The lowest BCUT2D eigenvalue weighted by Gasteiger charge is -2.10. The van der Waals surface area contributed by atoms with Crippen LogP contribution in [-0.2, 0) is 6.42 Å². The van der Waals surface area contributed by atoms with E-state index in [-0.39, 0.29) is 17.7 Å².